The number of halogens is 1. The number of aromatic nitrogens is 2. The van der Waals surface area contributed by atoms with E-state index in [1.165, 1.54) is 6.07 Å². The normalized spacial score (nSPS) is 22.9. The van der Waals surface area contributed by atoms with Crippen molar-refractivity contribution < 1.29 is 14.0 Å². The molecule has 3 rings (SSSR count). The number of benzene rings is 1. The molecule has 1 aromatic heterocycles. The lowest BCUT2D eigenvalue weighted by atomic mass is 9.94. The van der Waals surface area contributed by atoms with Crippen LogP contribution in [0, 0.1) is 12.7 Å². The summed E-state index contributed by atoms with van der Waals surface area (Å²) >= 11 is 0. The highest BCUT2D eigenvalue weighted by Gasteiger charge is 2.37. The number of β-amino-alcohol motifs (C(OH)–C–C–N with tert-alkyl or cyclic N) is 1. The molecule has 6 heteroatoms. The van der Waals surface area contributed by atoms with Crippen LogP contribution < -0.4 is 5.32 Å². The van der Waals surface area contributed by atoms with Gasteiger partial charge in [0.2, 0.25) is 5.82 Å². The van der Waals surface area contributed by atoms with E-state index < -0.39 is 5.60 Å². The minimum absolute atomic E-state index is 0.181. The Morgan fingerprint density at radius 2 is 2.30 bits per heavy atom. The molecule has 0 spiro atoms. The maximum atomic E-state index is 13.6. The van der Waals surface area contributed by atoms with Crippen molar-refractivity contribution in [2.75, 3.05) is 13.1 Å². The fourth-order valence-corrected chi connectivity index (χ4v) is 2.33. The zero-order valence-electron chi connectivity index (χ0n) is 11.2. The summed E-state index contributed by atoms with van der Waals surface area (Å²) < 4.78 is 18.7. The number of hydrogen-bond donors (Lipinski definition) is 2. The third kappa shape index (κ3) is 2.32. The van der Waals surface area contributed by atoms with Crippen molar-refractivity contribution in [1.82, 2.24) is 15.5 Å². The second kappa shape index (κ2) is 4.96. The second-order valence-electron chi connectivity index (χ2n) is 5.20. The topological polar surface area (TPSA) is 71.2 Å². The molecule has 20 heavy (non-hydrogen) atoms. The average Bonchev–Trinajstić information content (AvgIpc) is 2.93. The zero-order chi connectivity index (χ0) is 14.2. The number of hydrogen-bond acceptors (Lipinski definition) is 5. The van der Waals surface area contributed by atoms with Gasteiger partial charge in [-0.05, 0) is 37.9 Å². The van der Waals surface area contributed by atoms with E-state index in [1.807, 2.05) is 0 Å². The molecule has 0 amide bonds. The van der Waals surface area contributed by atoms with E-state index in [0.717, 1.165) is 13.0 Å². The quantitative estimate of drug-likeness (QED) is 0.875. The number of aryl methyl sites for hydroxylation is 1. The first kappa shape index (κ1) is 13.2. The first-order valence-electron chi connectivity index (χ1n) is 6.62. The van der Waals surface area contributed by atoms with Crippen LogP contribution in [-0.4, -0.2) is 28.3 Å². The predicted molar refractivity (Wildman–Crippen MR) is 70.4 cm³/mol. The van der Waals surface area contributed by atoms with Crippen LogP contribution in [-0.2, 0) is 5.60 Å². The summed E-state index contributed by atoms with van der Waals surface area (Å²) in [5, 5.41) is 17.4. The van der Waals surface area contributed by atoms with Gasteiger partial charge < -0.3 is 14.9 Å². The predicted octanol–water partition coefficient (Wildman–Crippen LogP) is 1.76. The fourth-order valence-electron chi connectivity index (χ4n) is 2.33. The van der Waals surface area contributed by atoms with Crippen molar-refractivity contribution in [3.05, 3.63) is 35.5 Å². The first-order chi connectivity index (χ1) is 9.58. The van der Waals surface area contributed by atoms with Crippen molar-refractivity contribution in [2.45, 2.75) is 25.4 Å². The van der Waals surface area contributed by atoms with E-state index in [-0.39, 0.29) is 17.5 Å². The number of nitrogens with one attached hydrogen (secondary N) is 1. The molecule has 2 aromatic rings. The fraction of sp³-hybridized carbons (Fsp3) is 0.429. The van der Waals surface area contributed by atoms with Crippen LogP contribution in [0.4, 0.5) is 4.39 Å². The molecule has 1 aromatic carbocycles. The maximum Gasteiger partial charge on any atom is 0.260 e. The summed E-state index contributed by atoms with van der Waals surface area (Å²) in [6, 6.07) is 4.76. The van der Waals surface area contributed by atoms with Gasteiger partial charge in [-0.15, -0.1) is 0 Å². The molecule has 0 bridgehead atoms. The molecule has 1 aliphatic rings. The summed E-state index contributed by atoms with van der Waals surface area (Å²) in [5.74, 6) is 0.158. The Balaban J connectivity index is 1.91. The lowest BCUT2D eigenvalue weighted by Gasteiger charge is -2.28. The van der Waals surface area contributed by atoms with Crippen LogP contribution in [0.15, 0.2) is 22.7 Å². The summed E-state index contributed by atoms with van der Waals surface area (Å²) in [6.45, 7) is 2.94. The number of aliphatic hydroxyl groups is 1. The number of nitrogens with zero attached hydrogens (tertiary/aromatic N) is 2. The summed E-state index contributed by atoms with van der Waals surface area (Å²) in [4.78, 5) is 4.21. The molecule has 1 aliphatic heterocycles. The van der Waals surface area contributed by atoms with Gasteiger partial charge in [0, 0.05) is 12.1 Å². The Kier molecular flexibility index (Phi) is 3.27. The van der Waals surface area contributed by atoms with Crippen LogP contribution in [0.1, 0.15) is 24.3 Å². The van der Waals surface area contributed by atoms with Gasteiger partial charge in [0.25, 0.3) is 5.89 Å². The van der Waals surface area contributed by atoms with Crippen molar-refractivity contribution in [3.8, 4) is 11.4 Å². The minimum Gasteiger partial charge on any atom is -0.379 e. The van der Waals surface area contributed by atoms with E-state index >= 15 is 0 Å². The summed E-state index contributed by atoms with van der Waals surface area (Å²) in [5.41, 5.74) is -0.0322. The van der Waals surface area contributed by atoms with Gasteiger partial charge in [-0.2, -0.15) is 4.98 Å². The Morgan fingerprint density at radius 1 is 1.45 bits per heavy atom. The van der Waals surface area contributed by atoms with E-state index in [1.54, 1.807) is 19.1 Å². The largest absolute Gasteiger partial charge is 0.379 e. The van der Waals surface area contributed by atoms with Crippen molar-refractivity contribution in [3.63, 3.8) is 0 Å². The average molecular weight is 277 g/mol. The highest BCUT2D eigenvalue weighted by atomic mass is 19.1. The molecular formula is C14H16FN3O2. The van der Waals surface area contributed by atoms with Gasteiger partial charge in [0.15, 0.2) is 5.60 Å². The van der Waals surface area contributed by atoms with Gasteiger partial charge in [-0.1, -0.05) is 17.3 Å². The van der Waals surface area contributed by atoms with Gasteiger partial charge >= 0.3 is 0 Å². The molecule has 1 fully saturated rings. The smallest absolute Gasteiger partial charge is 0.260 e. The third-order valence-electron chi connectivity index (χ3n) is 3.62. The van der Waals surface area contributed by atoms with Gasteiger partial charge in [0.1, 0.15) is 5.82 Å². The van der Waals surface area contributed by atoms with Gasteiger partial charge in [-0.25, -0.2) is 4.39 Å². The maximum absolute atomic E-state index is 13.6. The number of piperidine rings is 1. The summed E-state index contributed by atoms with van der Waals surface area (Å²) in [6.07, 6.45) is 1.41. The standard InChI is InChI=1S/C14H16FN3O2/c1-9-3-4-10(7-11(9)15)12-17-13(20-18-12)14(19)5-2-6-16-8-14/h3-4,7,16,19H,2,5-6,8H2,1H3. The van der Waals surface area contributed by atoms with E-state index in [9.17, 15) is 9.50 Å². The molecule has 1 saturated heterocycles. The van der Waals surface area contributed by atoms with Crippen LogP contribution in [0.25, 0.3) is 11.4 Å². The van der Waals surface area contributed by atoms with Crippen LogP contribution in [0.2, 0.25) is 0 Å². The van der Waals surface area contributed by atoms with Crippen LogP contribution >= 0.6 is 0 Å². The molecule has 1 atom stereocenters. The molecule has 0 aliphatic carbocycles. The SMILES string of the molecule is Cc1ccc(-c2noc(C3(O)CCCNC3)n2)cc1F. The van der Waals surface area contributed by atoms with Crippen molar-refractivity contribution >= 4 is 0 Å². The molecule has 2 heterocycles. The highest BCUT2D eigenvalue weighted by Crippen LogP contribution is 2.29. The lowest BCUT2D eigenvalue weighted by molar-refractivity contribution is -0.0167. The van der Waals surface area contributed by atoms with Gasteiger partial charge in [-0.3, -0.25) is 0 Å². The Morgan fingerprint density at radius 3 is 3.00 bits per heavy atom. The molecule has 5 nitrogen and oxygen atoms in total. The van der Waals surface area contributed by atoms with E-state index in [0.29, 0.717) is 24.1 Å². The van der Waals surface area contributed by atoms with E-state index in [4.69, 9.17) is 4.52 Å². The van der Waals surface area contributed by atoms with Crippen LogP contribution in [0.3, 0.4) is 0 Å². The number of rotatable bonds is 2. The molecule has 1 unspecified atom stereocenters. The Bertz CT molecular complexity index is 621. The third-order valence-corrected chi connectivity index (χ3v) is 3.62. The summed E-state index contributed by atoms with van der Waals surface area (Å²) in [7, 11) is 0. The second-order valence-corrected chi connectivity index (χ2v) is 5.20. The molecule has 0 saturated carbocycles. The Labute approximate surface area is 115 Å². The van der Waals surface area contributed by atoms with Crippen molar-refractivity contribution in [2.24, 2.45) is 0 Å². The highest BCUT2D eigenvalue weighted by molar-refractivity contribution is 5.55. The Hall–Kier alpha value is -1.79. The molecular weight excluding hydrogens is 261 g/mol. The first-order valence-corrected chi connectivity index (χ1v) is 6.62. The van der Waals surface area contributed by atoms with Gasteiger partial charge in [0.05, 0.1) is 0 Å². The lowest BCUT2D eigenvalue weighted by Crippen LogP contribution is -2.43. The zero-order valence-corrected chi connectivity index (χ0v) is 11.2. The van der Waals surface area contributed by atoms with Crippen molar-refractivity contribution in [1.29, 1.82) is 0 Å². The van der Waals surface area contributed by atoms with Crippen LogP contribution in [0.5, 0.6) is 0 Å². The van der Waals surface area contributed by atoms with E-state index in [2.05, 4.69) is 15.5 Å². The molecule has 106 valence electrons. The minimum atomic E-state index is -1.13. The molecule has 2 N–H and O–H groups in total. The molecule has 0 radical (unpaired) electrons. The monoisotopic (exact) mass is 277 g/mol.